The summed E-state index contributed by atoms with van der Waals surface area (Å²) < 4.78 is 32.6. The lowest BCUT2D eigenvalue weighted by Crippen LogP contribution is -2.48. The first-order valence-corrected chi connectivity index (χ1v) is 10.5. The van der Waals surface area contributed by atoms with Gasteiger partial charge in [0, 0.05) is 24.7 Å². The van der Waals surface area contributed by atoms with Crippen molar-refractivity contribution in [3.63, 3.8) is 0 Å². The van der Waals surface area contributed by atoms with Crippen LogP contribution >= 0.6 is 0 Å². The monoisotopic (exact) mass is 396 g/mol. The summed E-state index contributed by atoms with van der Waals surface area (Å²) in [6, 6.07) is 5.89. The van der Waals surface area contributed by atoms with Crippen molar-refractivity contribution in [1.82, 2.24) is 9.21 Å². The molecule has 0 saturated carbocycles. The highest BCUT2D eigenvalue weighted by atomic mass is 32.2. The largest absolute Gasteiger partial charge is 0.479 e. The van der Waals surface area contributed by atoms with Crippen LogP contribution in [-0.2, 0) is 19.6 Å². The molecular weight excluding hydrogens is 372 g/mol. The summed E-state index contributed by atoms with van der Waals surface area (Å²) in [6.45, 7) is 2.71. The van der Waals surface area contributed by atoms with Crippen LogP contribution < -0.4 is 0 Å². The molecule has 27 heavy (non-hydrogen) atoms. The lowest BCUT2D eigenvalue weighted by Gasteiger charge is -2.32. The average molecular weight is 396 g/mol. The molecule has 1 aromatic carbocycles. The lowest BCUT2D eigenvalue weighted by molar-refractivity contribution is -0.154. The molecule has 0 aliphatic carbocycles. The molecule has 2 atom stereocenters. The van der Waals surface area contributed by atoms with E-state index in [9.17, 15) is 18.0 Å². The molecule has 9 heteroatoms. The standard InChI is InChI=1S/C18H24N2O6S/c1-13-5-2-3-8-20(13)27(24,25)15-7-4-6-14(11-15)17(21)19-9-10-26-16(12-19)18(22)23/h4,6-7,11,13,16H,2-3,5,8-10,12H2,1H3,(H,22,23). The van der Waals surface area contributed by atoms with Crippen LogP contribution in [0.2, 0.25) is 0 Å². The van der Waals surface area contributed by atoms with E-state index in [1.165, 1.54) is 21.3 Å². The number of piperidine rings is 1. The molecule has 8 nitrogen and oxygen atoms in total. The second kappa shape index (κ2) is 7.95. The van der Waals surface area contributed by atoms with Crippen molar-refractivity contribution in [2.24, 2.45) is 0 Å². The van der Waals surface area contributed by atoms with E-state index >= 15 is 0 Å². The zero-order valence-corrected chi connectivity index (χ0v) is 16.0. The number of amides is 1. The Bertz CT molecular complexity index is 825. The minimum absolute atomic E-state index is 0.0612. The van der Waals surface area contributed by atoms with Gasteiger partial charge in [-0.1, -0.05) is 12.5 Å². The van der Waals surface area contributed by atoms with Crippen LogP contribution in [0.1, 0.15) is 36.5 Å². The number of benzene rings is 1. The summed E-state index contributed by atoms with van der Waals surface area (Å²) in [5, 5.41) is 9.08. The van der Waals surface area contributed by atoms with E-state index in [1.807, 2.05) is 6.92 Å². The van der Waals surface area contributed by atoms with E-state index < -0.39 is 28.0 Å². The summed E-state index contributed by atoms with van der Waals surface area (Å²) in [5.74, 6) is -1.52. The topological polar surface area (TPSA) is 104 Å². The summed E-state index contributed by atoms with van der Waals surface area (Å²) in [5.41, 5.74) is 0.228. The van der Waals surface area contributed by atoms with E-state index in [2.05, 4.69) is 0 Å². The van der Waals surface area contributed by atoms with Gasteiger partial charge < -0.3 is 14.7 Å². The quantitative estimate of drug-likeness (QED) is 0.819. The Labute approximate surface area is 158 Å². The van der Waals surface area contributed by atoms with Crippen LogP contribution in [0.3, 0.4) is 0 Å². The maximum atomic E-state index is 13.0. The molecule has 1 amide bonds. The van der Waals surface area contributed by atoms with E-state index in [0.717, 1.165) is 19.3 Å². The van der Waals surface area contributed by atoms with Crippen molar-refractivity contribution in [2.45, 2.75) is 43.2 Å². The summed E-state index contributed by atoms with van der Waals surface area (Å²) in [7, 11) is -3.68. The molecule has 2 fully saturated rings. The molecule has 3 rings (SSSR count). The molecule has 2 aliphatic rings. The molecule has 2 heterocycles. The Hall–Kier alpha value is -1.97. The van der Waals surface area contributed by atoms with Gasteiger partial charge in [-0.25, -0.2) is 13.2 Å². The van der Waals surface area contributed by atoms with Gasteiger partial charge in [0.15, 0.2) is 6.10 Å². The Balaban J connectivity index is 1.82. The van der Waals surface area contributed by atoms with Gasteiger partial charge in [-0.05, 0) is 38.0 Å². The predicted molar refractivity (Wildman–Crippen MR) is 96.9 cm³/mol. The Morgan fingerprint density at radius 3 is 2.70 bits per heavy atom. The van der Waals surface area contributed by atoms with E-state index in [4.69, 9.17) is 9.84 Å². The average Bonchev–Trinajstić information content (AvgIpc) is 2.67. The van der Waals surface area contributed by atoms with Crippen LogP contribution in [0.5, 0.6) is 0 Å². The molecule has 1 N–H and O–H groups in total. The van der Waals surface area contributed by atoms with Crippen molar-refractivity contribution >= 4 is 21.9 Å². The fourth-order valence-corrected chi connectivity index (χ4v) is 5.27. The molecule has 2 unspecified atom stereocenters. The van der Waals surface area contributed by atoms with Crippen LogP contribution in [0.25, 0.3) is 0 Å². The van der Waals surface area contributed by atoms with Gasteiger partial charge >= 0.3 is 5.97 Å². The molecule has 2 aliphatic heterocycles. The van der Waals surface area contributed by atoms with Gasteiger partial charge in [-0.15, -0.1) is 0 Å². The lowest BCUT2D eigenvalue weighted by atomic mass is 10.1. The highest BCUT2D eigenvalue weighted by molar-refractivity contribution is 7.89. The third-order valence-corrected chi connectivity index (χ3v) is 7.07. The number of rotatable bonds is 4. The number of aliphatic carboxylic acids is 1. The summed E-state index contributed by atoms with van der Waals surface area (Å²) in [6.07, 6.45) is 1.59. The van der Waals surface area contributed by atoms with Crippen molar-refractivity contribution in [2.75, 3.05) is 26.2 Å². The van der Waals surface area contributed by atoms with Crippen molar-refractivity contribution in [3.05, 3.63) is 29.8 Å². The van der Waals surface area contributed by atoms with Gasteiger partial charge in [0.25, 0.3) is 5.91 Å². The van der Waals surface area contributed by atoms with Crippen molar-refractivity contribution in [3.8, 4) is 0 Å². The molecular formula is C18H24N2O6S. The summed E-state index contributed by atoms with van der Waals surface area (Å²) >= 11 is 0. The van der Waals surface area contributed by atoms with Crippen LogP contribution in [-0.4, -0.2) is 73.0 Å². The third-order valence-electron chi connectivity index (χ3n) is 5.06. The summed E-state index contributed by atoms with van der Waals surface area (Å²) in [4.78, 5) is 25.3. The number of carboxylic acid groups (broad SMARTS) is 1. The first-order valence-electron chi connectivity index (χ1n) is 9.06. The molecule has 0 spiro atoms. The second-order valence-corrected chi connectivity index (χ2v) is 8.83. The van der Waals surface area contributed by atoms with Crippen LogP contribution in [0.15, 0.2) is 29.2 Å². The number of carboxylic acids is 1. The van der Waals surface area contributed by atoms with E-state index in [1.54, 1.807) is 12.1 Å². The normalized spacial score (nSPS) is 24.6. The Kier molecular flexibility index (Phi) is 5.83. The molecule has 148 valence electrons. The zero-order chi connectivity index (χ0) is 19.6. The van der Waals surface area contributed by atoms with Gasteiger partial charge in [-0.2, -0.15) is 4.31 Å². The SMILES string of the molecule is CC1CCCCN1S(=O)(=O)c1cccc(C(=O)N2CCOC(C(=O)O)C2)c1. The van der Waals surface area contributed by atoms with E-state index in [-0.39, 0.29) is 36.2 Å². The van der Waals surface area contributed by atoms with Gasteiger partial charge in [-0.3, -0.25) is 4.79 Å². The smallest absolute Gasteiger partial charge is 0.334 e. The maximum absolute atomic E-state index is 13.0. The van der Waals surface area contributed by atoms with Gasteiger partial charge in [0.05, 0.1) is 18.0 Å². The number of ether oxygens (including phenoxy) is 1. The third kappa shape index (κ3) is 4.15. The fraction of sp³-hybridized carbons (Fsp3) is 0.556. The molecule has 0 aromatic heterocycles. The minimum Gasteiger partial charge on any atom is -0.479 e. The Morgan fingerprint density at radius 2 is 2.00 bits per heavy atom. The first kappa shape index (κ1) is 19.8. The minimum atomic E-state index is -3.68. The number of carbonyl (C=O) groups excluding carboxylic acids is 1. The number of carbonyl (C=O) groups is 2. The number of morpholine rings is 1. The molecule has 0 radical (unpaired) electrons. The highest BCUT2D eigenvalue weighted by Crippen LogP contribution is 2.26. The van der Waals surface area contributed by atoms with Crippen molar-refractivity contribution < 1.29 is 27.9 Å². The molecule has 2 saturated heterocycles. The molecule has 0 bridgehead atoms. The fourth-order valence-electron chi connectivity index (χ4n) is 3.52. The number of hydrogen-bond donors (Lipinski definition) is 1. The van der Waals surface area contributed by atoms with Crippen LogP contribution in [0.4, 0.5) is 0 Å². The highest BCUT2D eigenvalue weighted by Gasteiger charge is 2.33. The van der Waals surface area contributed by atoms with Crippen molar-refractivity contribution in [1.29, 1.82) is 0 Å². The van der Waals surface area contributed by atoms with E-state index in [0.29, 0.717) is 6.54 Å². The first-order chi connectivity index (χ1) is 12.8. The second-order valence-electron chi connectivity index (χ2n) is 6.94. The number of hydrogen-bond acceptors (Lipinski definition) is 5. The predicted octanol–water partition coefficient (Wildman–Crippen LogP) is 1.18. The molecule has 1 aromatic rings. The number of sulfonamides is 1. The van der Waals surface area contributed by atoms with Crippen LogP contribution in [0, 0.1) is 0 Å². The zero-order valence-electron chi connectivity index (χ0n) is 15.2. The maximum Gasteiger partial charge on any atom is 0.334 e. The van der Waals surface area contributed by atoms with Gasteiger partial charge in [0.1, 0.15) is 0 Å². The van der Waals surface area contributed by atoms with Gasteiger partial charge in [0.2, 0.25) is 10.0 Å². The Morgan fingerprint density at radius 1 is 1.22 bits per heavy atom. The number of nitrogens with zero attached hydrogens (tertiary/aromatic N) is 2.